The van der Waals surface area contributed by atoms with Gasteiger partial charge in [-0.2, -0.15) is 0 Å². The van der Waals surface area contributed by atoms with Crippen LogP contribution in [0.1, 0.15) is 45.6 Å². The second-order valence-electron chi connectivity index (χ2n) is 8.50. The highest BCUT2D eigenvalue weighted by Gasteiger charge is 2.25. The van der Waals surface area contributed by atoms with Crippen molar-refractivity contribution in [2.45, 2.75) is 53.0 Å². The van der Waals surface area contributed by atoms with Gasteiger partial charge in [0, 0.05) is 44.2 Å². The van der Waals surface area contributed by atoms with Crippen LogP contribution >= 0.6 is 0 Å². The number of hydrogen-bond acceptors (Lipinski definition) is 5. The van der Waals surface area contributed by atoms with Gasteiger partial charge in [-0.25, -0.2) is 0 Å². The molecular formula is C25H35N5O2. The third-order valence-electron chi connectivity index (χ3n) is 6.22. The highest BCUT2D eigenvalue weighted by Crippen LogP contribution is 2.20. The molecule has 0 radical (unpaired) electrons. The zero-order valence-corrected chi connectivity index (χ0v) is 19.8. The number of nitrogens with zero attached hydrogens (tertiary/aromatic N) is 5. The Kier molecular flexibility index (Phi) is 8.20. The molecule has 0 saturated carbocycles. The first-order chi connectivity index (χ1) is 15.4. The summed E-state index contributed by atoms with van der Waals surface area (Å²) in [6.07, 6.45) is 2.12. The van der Waals surface area contributed by atoms with Crippen molar-refractivity contribution in [3.05, 3.63) is 42.0 Å². The molecule has 1 atom stereocenters. The van der Waals surface area contributed by atoms with E-state index < -0.39 is 0 Å². The van der Waals surface area contributed by atoms with Gasteiger partial charge in [0.15, 0.2) is 5.82 Å². The highest BCUT2D eigenvalue weighted by atomic mass is 16.2. The molecule has 1 aliphatic heterocycles. The predicted octanol–water partition coefficient (Wildman–Crippen LogP) is 3.53. The van der Waals surface area contributed by atoms with E-state index in [-0.39, 0.29) is 24.4 Å². The quantitative estimate of drug-likeness (QED) is 0.663. The minimum absolute atomic E-state index is 0.0229. The van der Waals surface area contributed by atoms with Gasteiger partial charge in [0.05, 0.1) is 12.2 Å². The number of anilines is 1. The third-order valence-corrected chi connectivity index (χ3v) is 6.22. The van der Waals surface area contributed by atoms with Crippen molar-refractivity contribution in [1.29, 1.82) is 0 Å². The van der Waals surface area contributed by atoms with Crippen LogP contribution in [-0.2, 0) is 9.59 Å². The van der Waals surface area contributed by atoms with Crippen molar-refractivity contribution in [2.75, 3.05) is 37.6 Å². The minimum atomic E-state index is 0.0229. The summed E-state index contributed by atoms with van der Waals surface area (Å²) in [6.45, 7) is 11.0. The summed E-state index contributed by atoms with van der Waals surface area (Å²) in [5, 5.41) is 8.87. The molecule has 7 nitrogen and oxygen atoms in total. The lowest BCUT2D eigenvalue weighted by Gasteiger charge is -2.30. The number of rotatable bonds is 7. The Morgan fingerprint density at radius 3 is 2.38 bits per heavy atom. The number of aromatic nitrogens is 2. The average molecular weight is 438 g/mol. The summed E-state index contributed by atoms with van der Waals surface area (Å²) in [6, 6.07) is 12.3. The van der Waals surface area contributed by atoms with E-state index in [0.717, 1.165) is 36.5 Å². The van der Waals surface area contributed by atoms with E-state index in [0.29, 0.717) is 26.1 Å². The Morgan fingerprint density at radius 2 is 1.75 bits per heavy atom. The number of benzene rings is 1. The number of aryl methyl sites for hydroxylation is 1. The lowest BCUT2D eigenvalue weighted by atomic mass is 10.1. The lowest BCUT2D eigenvalue weighted by molar-refractivity contribution is -0.142. The summed E-state index contributed by atoms with van der Waals surface area (Å²) in [7, 11) is 0. The molecule has 0 bridgehead atoms. The number of hydrogen-bond donors (Lipinski definition) is 0. The first kappa shape index (κ1) is 23.7. The van der Waals surface area contributed by atoms with Gasteiger partial charge in [0.1, 0.15) is 0 Å². The maximum Gasteiger partial charge on any atom is 0.242 e. The van der Waals surface area contributed by atoms with E-state index in [1.807, 2.05) is 37.8 Å². The zero-order valence-electron chi connectivity index (χ0n) is 19.8. The Balaban J connectivity index is 1.61. The van der Waals surface area contributed by atoms with E-state index in [1.54, 1.807) is 4.90 Å². The van der Waals surface area contributed by atoms with Crippen LogP contribution in [-0.4, -0.2) is 70.6 Å². The molecular weight excluding hydrogens is 402 g/mol. The van der Waals surface area contributed by atoms with Crippen molar-refractivity contribution >= 4 is 17.6 Å². The Morgan fingerprint density at radius 1 is 1.00 bits per heavy atom. The summed E-state index contributed by atoms with van der Waals surface area (Å²) in [5.41, 5.74) is 3.12. The second-order valence-corrected chi connectivity index (χ2v) is 8.50. The molecule has 1 saturated heterocycles. The fourth-order valence-electron chi connectivity index (χ4n) is 3.93. The lowest BCUT2D eigenvalue weighted by Crippen LogP contribution is -2.47. The first-order valence-corrected chi connectivity index (χ1v) is 11.7. The highest BCUT2D eigenvalue weighted by molar-refractivity contribution is 5.85. The van der Waals surface area contributed by atoms with Gasteiger partial charge in [-0.1, -0.05) is 43.7 Å². The van der Waals surface area contributed by atoms with E-state index in [9.17, 15) is 9.59 Å². The van der Waals surface area contributed by atoms with E-state index in [1.165, 1.54) is 5.56 Å². The number of carbonyl (C=O) groups is 2. The molecule has 1 aromatic heterocycles. The van der Waals surface area contributed by atoms with E-state index in [2.05, 4.69) is 46.3 Å². The SMILES string of the molecule is CCC(=O)N(CC(=O)N1CCCN(c2ccc(-c3ccc(C)cc3)nn2)CC1)[C@@H](C)CC. The van der Waals surface area contributed by atoms with Gasteiger partial charge in [-0.15, -0.1) is 10.2 Å². The standard InChI is InChI=1S/C25H35N5O2/c1-5-20(4)30(24(31)6-2)18-25(32)29-15-7-14-28(16-17-29)23-13-12-22(26-27-23)21-10-8-19(3)9-11-21/h8-13,20H,5-7,14-18H2,1-4H3/t20-/m0/s1. The van der Waals surface area contributed by atoms with Gasteiger partial charge in [0.25, 0.3) is 0 Å². The van der Waals surface area contributed by atoms with Crippen LogP contribution in [0.25, 0.3) is 11.3 Å². The molecule has 172 valence electrons. The normalized spacial score (nSPS) is 15.2. The smallest absolute Gasteiger partial charge is 0.242 e. The minimum Gasteiger partial charge on any atom is -0.353 e. The van der Waals surface area contributed by atoms with Crippen LogP contribution < -0.4 is 4.90 Å². The number of carbonyl (C=O) groups excluding carboxylic acids is 2. The molecule has 7 heteroatoms. The van der Waals surface area contributed by atoms with E-state index >= 15 is 0 Å². The summed E-state index contributed by atoms with van der Waals surface area (Å²) in [4.78, 5) is 31.1. The van der Waals surface area contributed by atoms with Crippen LogP contribution in [0.2, 0.25) is 0 Å². The monoisotopic (exact) mass is 437 g/mol. The first-order valence-electron chi connectivity index (χ1n) is 11.7. The molecule has 1 fully saturated rings. The molecule has 32 heavy (non-hydrogen) atoms. The maximum atomic E-state index is 13.0. The molecule has 2 aromatic rings. The van der Waals surface area contributed by atoms with E-state index in [4.69, 9.17) is 0 Å². The Hall–Kier alpha value is -2.96. The fourth-order valence-corrected chi connectivity index (χ4v) is 3.93. The van der Waals surface area contributed by atoms with Crippen LogP contribution in [0, 0.1) is 6.92 Å². The molecule has 1 aromatic carbocycles. The zero-order chi connectivity index (χ0) is 23.1. The molecule has 0 unspecified atom stereocenters. The van der Waals surface area contributed by atoms with Gasteiger partial charge in [-0.05, 0) is 38.8 Å². The van der Waals surface area contributed by atoms with Crippen LogP contribution in [0.4, 0.5) is 5.82 Å². The van der Waals surface area contributed by atoms with Crippen molar-refractivity contribution in [1.82, 2.24) is 20.0 Å². The largest absolute Gasteiger partial charge is 0.353 e. The molecule has 0 aliphatic carbocycles. The van der Waals surface area contributed by atoms with Crippen molar-refractivity contribution in [3.63, 3.8) is 0 Å². The Bertz CT molecular complexity index is 898. The van der Waals surface area contributed by atoms with Gasteiger partial charge in [-0.3, -0.25) is 9.59 Å². The van der Waals surface area contributed by atoms with Crippen molar-refractivity contribution < 1.29 is 9.59 Å². The summed E-state index contributed by atoms with van der Waals surface area (Å²) >= 11 is 0. The topological polar surface area (TPSA) is 69.6 Å². The fraction of sp³-hybridized carbons (Fsp3) is 0.520. The second kappa shape index (κ2) is 11.1. The molecule has 1 aliphatic rings. The van der Waals surface area contributed by atoms with Crippen LogP contribution in [0.3, 0.4) is 0 Å². The predicted molar refractivity (Wildman–Crippen MR) is 127 cm³/mol. The number of amides is 2. The van der Waals surface area contributed by atoms with Crippen LogP contribution in [0.15, 0.2) is 36.4 Å². The van der Waals surface area contributed by atoms with Gasteiger partial charge < -0.3 is 14.7 Å². The summed E-state index contributed by atoms with van der Waals surface area (Å²) in [5.74, 6) is 0.889. The molecule has 2 amide bonds. The summed E-state index contributed by atoms with van der Waals surface area (Å²) < 4.78 is 0. The molecule has 3 rings (SSSR count). The maximum absolute atomic E-state index is 13.0. The molecule has 2 heterocycles. The molecule has 0 spiro atoms. The van der Waals surface area contributed by atoms with Gasteiger partial charge >= 0.3 is 0 Å². The Labute approximate surface area is 191 Å². The third kappa shape index (κ3) is 5.84. The van der Waals surface area contributed by atoms with Crippen molar-refractivity contribution in [2.24, 2.45) is 0 Å². The average Bonchev–Trinajstić information content (AvgIpc) is 3.08. The molecule has 0 N–H and O–H groups in total. The van der Waals surface area contributed by atoms with Gasteiger partial charge in [0.2, 0.25) is 11.8 Å². The van der Waals surface area contributed by atoms with Crippen molar-refractivity contribution in [3.8, 4) is 11.3 Å². The van der Waals surface area contributed by atoms with Crippen LogP contribution in [0.5, 0.6) is 0 Å².